The fourth-order valence-corrected chi connectivity index (χ4v) is 2.83. The van der Waals surface area contributed by atoms with Crippen molar-refractivity contribution in [3.63, 3.8) is 0 Å². The summed E-state index contributed by atoms with van der Waals surface area (Å²) in [5.41, 5.74) is 0.975. The van der Waals surface area contributed by atoms with E-state index in [9.17, 15) is 0 Å². The minimum atomic E-state index is 0.400. The predicted octanol–water partition coefficient (Wildman–Crippen LogP) is 2.66. The van der Waals surface area contributed by atoms with Gasteiger partial charge in [-0.2, -0.15) is 5.10 Å². The molecule has 0 bridgehead atoms. The molecule has 0 aliphatic heterocycles. The number of methoxy groups -OCH3 is 1. The Morgan fingerprint density at radius 3 is 3.00 bits per heavy atom. The summed E-state index contributed by atoms with van der Waals surface area (Å²) >= 11 is 7.62. The van der Waals surface area contributed by atoms with Crippen LogP contribution in [0.2, 0.25) is 5.02 Å². The second-order valence-corrected chi connectivity index (χ2v) is 5.63. The maximum Gasteiger partial charge on any atom is 0.276 e. The van der Waals surface area contributed by atoms with Crippen molar-refractivity contribution < 1.29 is 9.15 Å². The van der Waals surface area contributed by atoms with Crippen molar-refractivity contribution >= 4 is 23.4 Å². The molecular weight excluding hydrogens is 326 g/mol. The third kappa shape index (κ3) is 3.58. The second-order valence-electron chi connectivity index (χ2n) is 4.30. The zero-order valence-electron chi connectivity index (χ0n) is 11.6. The summed E-state index contributed by atoms with van der Waals surface area (Å²) in [5, 5.41) is 13.1. The van der Waals surface area contributed by atoms with Crippen LogP contribution in [0, 0.1) is 0 Å². The van der Waals surface area contributed by atoms with Crippen LogP contribution in [0.3, 0.4) is 0 Å². The van der Waals surface area contributed by atoms with Gasteiger partial charge in [0, 0.05) is 10.8 Å². The molecule has 114 valence electrons. The number of nitrogens with zero attached hydrogens (tertiary/aromatic N) is 5. The molecule has 0 spiro atoms. The van der Waals surface area contributed by atoms with Gasteiger partial charge < -0.3 is 9.15 Å². The van der Waals surface area contributed by atoms with Crippen LogP contribution in [0.25, 0.3) is 0 Å². The Bertz CT molecular complexity index is 747. The third-order valence-corrected chi connectivity index (χ3v) is 4.04. The zero-order valence-corrected chi connectivity index (χ0v) is 13.2. The molecule has 2 heterocycles. The van der Waals surface area contributed by atoms with Crippen LogP contribution in [-0.4, -0.2) is 32.1 Å². The van der Waals surface area contributed by atoms with E-state index in [1.807, 2.05) is 12.1 Å². The monoisotopic (exact) mass is 337 g/mol. The summed E-state index contributed by atoms with van der Waals surface area (Å²) in [6.45, 7) is 0.400. The van der Waals surface area contributed by atoms with Crippen molar-refractivity contribution in [3.8, 4) is 5.75 Å². The van der Waals surface area contributed by atoms with E-state index in [4.69, 9.17) is 20.8 Å². The highest BCUT2D eigenvalue weighted by molar-refractivity contribution is 7.98. The van der Waals surface area contributed by atoms with E-state index in [0.29, 0.717) is 28.4 Å². The van der Waals surface area contributed by atoms with Gasteiger partial charge in [-0.3, -0.25) is 0 Å². The topological polar surface area (TPSA) is 78.9 Å². The fraction of sp³-hybridized carbons (Fsp3) is 0.231. The number of hydrogen-bond acceptors (Lipinski definition) is 7. The molecule has 0 atom stereocenters. The van der Waals surface area contributed by atoms with Crippen molar-refractivity contribution in [2.24, 2.45) is 0 Å². The molecule has 0 saturated carbocycles. The third-order valence-electron chi connectivity index (χ3n) is 2.82. The van der Waals surface area contributed by atoms with Crippen LogP contribution in [0.15, 0.2) is 40.5 Å². The fourth-order valence-electron chi connectivity index (χ4n) is 1.72. The average Bonchev–Trinajstić information content (AvgIpc) is 3.18. The summed E-state index contributed by atoms with van der Waals surface area (Å²) in [4.78, 5) is 3.86. The molecule has 7 nitrogen and oxygen atoms in total. The molecule has 3 aromatic rings. The SMILES string of the molecule is COc1ccc(CSc2nnc(Cn3cncn3)o2)c(Cl)c1. The molecule has 0 saturated heterocycles. The number of ether oxygens (including phenoxy) is 1. The van der Waals surface area contributed by atoms with E-state index >= 15 is 0 Å². The first-order chi connectivity index (χ1) is 10.7. The van der Waals surface area contributed by atoms with Crippen molar-refractivity contribution in [1.29, 1.82) is 0 Å². The Morgan fingerprint density at radius 1 is 1.36 bits per heavy atom. The summed E-state index contributed by atoms with van der Waals surface area (Å²) in [7, 11) is 1.61. The van der Waals surface area contributed by atoms with Crippen molar-refractivity contribution in [2.75, 3.05) is 7.11 Å². The number of halogens is 1. The number of aromatic nitrogens is 5. The molecule has 0 N–H and O–H groups in total. The van der Waals surface area contributed by atoms with Crippen LogP contribution in [0.1, 0.15) is 11.5 Å². The van der Waals surface area contributed by atoms with Gasteiger partial charge in [0.2, 0.25) is 5.89 Å². The first-order valence-electron chi connectivity index (χ1n) is 6.34. The Kier molecular flexibility index (Phi) is 4.59. The molecule has 22 heavy (non-hydrogen) atoms. The lowest BCUT2D eigenvalue weighted by Gasteiger charge is -2.04. The lowest BCUT2D eigenvalue weighted by molar-refractivity contribution is 0.397. The summed E-state index contributed by atoms with van der Waals surface area (Å²) in [5.74, 6) is 1.84. The van der Waals surface area contributed by atoms with E-state index in [2.05, 4.69) is 20.3 Å². The van der Waals surface area contributed by atoms with E-state index in [1.54, 1.807) is 24.2 Å². The molecule has 0 amide bonds. The van der Waals surface area contributed by atoms with E-state index < -0.39 is 0 Å². The minimum Gasteiger partial charge on any atom is -0.497 e. The molecule has 1 aromatic carbocycles. The van der Waals surface area contributed by atoms with Crippen molar-refractivity contribution in [2.45, 2.75) is 17.5 Å². The van der Waals surface area contributed by atoms with Gasteiger partial charge in [-0.1, -0.05) is 29.4 Å². The quantitative estimate of drug-likeness (QED) is 0.640. The van der Waals surface area contributed by atoms with Crippen LogP contribution in [0.4, 0.5) is 0 Å². The summed E-state index contributed by atoms with van der Waals surface area (Å²) < 4.78 is 12.3. The highest BCUT2D eigenvalue weighted by Gasteiger charge is 2.10. The number of benzene rings is 1. The van der Waals surface area contributed by atoms with Gasteiger partial charge in [0.15, 0.2) is 0 Å². The van der Waals surface area contributed by atoms with E-state index in [0.717, 1.165) is 11.3 Å². The van der Waals surface area contributed by atoms with Gasteiger partial charge in [-0.15, -0.1) is 10.2 Å². The smallest absolute Gasteiger partial charge is 0.276 e. The standard InChI is InChI=1S/C13H12ClN5O2S/c1-20-10-3-2-9(11(14)4-10)6-22-13-18-17-12(21-13)5-19-8-15-7-16-19/h2-4,7-8H,5-6H2,1H3. The number of rotatable bonds is 6. The molecule has 0 aliphatic rings. The highest BCUT2D eigenvalue weighted by atomic mass is 35.5. The van der Waals surface area contributed by atoms with Crippen LogP contribution in [-0.2, 0) is 12.3 Å². The predicted molar refractivity (Wildman–Crippen MR) is 81.0 cm³/mol. The van der Waals surface area contributed by atoms with Gasteiger partial charge >= 0.3 is 0 Å². The van der Waals surface area contributed by atoms with Crippen LogP contribution < -0.4 is 4.74 Å². The molecule has 2 aromatic heterocycles. The Balaban J connectivity index is 1.61. The van der Waals surface area contributed by atoms with Gasteiger partial charge in [-0.05, 0) is 17.7 Å². The first-order valence-corrected chi connectivity index (χ1v) is 7.71. The molecule has 0 fully saturated rings. The second kappa shape index (κ2) is 6.80. The van der Waals surface area contributed by atoms with Crippen LogP contribution in [0.5, 0.6) is 5.75 Å². The maximum absolute atomic E-state index is 6.20. The van der Waals surface area contributed by atoms with Gasteiger partial charge in [0.25, 0.3) is 5.22 Å². The highest BCUT2D eigenvalue weighted by Crippen LogP contribution is 2.28. The molecule has 0 aliphatic carbocycles. The molecular formula is C13H12ClN5O2S. The van der Waals surface area contributed by atoms with Gasteiger partial charge in [0.1, 0.15) is 24.9 Å². The lowest BCUT2D eigenvalue weighted by atomic mass is 10.2. The molecule has 9 heteroatoms. The summed E-state index contributed by atoms with van der Waals surface area (Å²) in [6, 6.07) is 5.56. The van der Waals surface area contributed by atoms with Crippen LogP contribution >= 0.6 is 23.4 Å². The number of thioether (sulfide) groups is 1. The Morgan fingerprint density at radius 2 is 2.27 bits per heavy atom. The largest absolute Gasteiger partial charge is 0.497 e. The normalized spacial score (nSPS) is 10.8. The van der Waals surface area contributed by atoms with Gasteiger partial charge in [0.05, 0.1) is 7.11 Å². The molecule has 0 unspecified atom stereocenters. The van der Waals surface area contributed by atoms with Crippen molar-refractivity contribution in [1.82, 2.24) is 25.0 Å². The molecule has 0 radical (unpaired) electrons. The maximum atomic E-state index is 6.20. The first kappa shape index (κ1) is 14.9. The Hall–Kier alpha value is -2.06. The van der Waals surface area contributed by atoms with Crippen molar-refractivity contribution in [3.05, 3.63) is 47.3 Å². The zero-order chi connectivity index (χ0) is 15.4. The molecule has 3 rings (SSSR count). The van der Waals surface area contributed by atoms with E-state index in [1.165, 1.54) is 18.1 Å². The number of hydrogen-bond donors (Lipinski definition) is 0. The lowest BCUT2D eigenvalue weighted by Crippen LogP contribution is -1.99. The average molecular weight is 338 g/mol. The summed E-state index contributed by atoms with van der Waals surface area (Å²) in [6.07, 6.45) is 3.05. The van der Waals surface area contributed by atoms with Gasteiger partial charge in [-0.25, -0.2) is 9.67 Å². The minimum absolute atomic E-state index is 0.400. The Labute approximate surface area is 135 Å². The van der Waals surface area contributed by atoms with E-state index in [-0.39, 0.29) is 0 Å².